The quantitative estimate of drug-likeness (QED) is 0.521. The van der Waals surface area contributed by atoms with Gasteiger partial charge in [-0.2, -0.15) is 0 Å². The molecule has 2 unspecified atom stereocenters. The zero-order valence-electron chi connectivity index (χ0n) is 18.3. The highest BCUT2D eigenvalue weighted by molar-refractivity contribution is 8.02. The van der Waals surface area contributed by atoms with Gasteiger partial charge < -0.3 is 15.6 Å². The van der Waals surface area contributed by atoms with Gasteiger partial charge in [-0.1, -0.05) is 48.5 Å². The normalized spacial score (nSPS) is 20.1. The van der Waals surface area contributed by atoms with Gasteiger partial charge in [0.25, 0.3) is 0 Å². The molecular formula is C26H26N2O4S. The van der Waals surface area contributed by atoms with Crippen LogP contribution < -0.4 is 15.4 Å². The van der Waals surface area contributed by atoms with E-state index in [2.05, 4.69) is 0 Å². The molecule has 1 aliphatic heterocycles. The lowest BCUT2D eigenvalue weighted by atomic mass is 10.0. The molecule has 0 aromatic heterocycles. The Bertz CT molecular complexity index is 1140. The number of nitrogens with zero attached hydrogens (tertiary/aromatic N) is 1. The predicted molar refractivity (Wildman–Crippen MR) is 130 cm³/mol. The van der Waals surface area contributed by atoms with Crippen LogP contribution in [0.25, 0.3) is 0 Å². The van der Waals surface area contributed by atoms with Gasteiger partial charge in [-0.3, -0.25) is 14.5 Å². The van der Waals surface area contributed by atoms with E-state index in [-0.39, 0.29) is 17.9 Å². The summed E-state index contributed by atoms with van der Waals surface area (Å²) < 4.78 is 5.11. The molecular weight excluding hydrogens is 436 g/mol. The van der Waals surface area contributed by atoms with Gasteiger partial charge in [-0.15, -0.1) is 11.8 Å². The third-order valence-corrected chi connectivity index (χ3v) is 7.29. The number of aliphatic hydroxyl groups excluding tert-OH is 1. The number of hydrogen-bond donors (Lipinski definition) is 2. The average molecular weight is 463 g/mol. The number of rotatable bonds is 8. The first-order valence-electron chi connectivity index (χ1n) is 10.7. The fourth-order valence-electron chi connectivity index (χ4n) is 3.84. The number of aliphatic hydroxyl groups is 1. The van der Waals surface area contributed by atoms with Crippen molar-refractivity contribution in [3.05, 3.63) is 95.6 Å². The van der Waals surface area contributed by atoms with Crippen molar-refractivity contribution < 1.29 is 19.4 Å². The third-order valence-electron chi connectivity index (χ3n) is 5.69. The van der Waals surface area contributed by atoms with Gasteiger partial charge in [-0.25, -0.2) is 0 Å². The Morgan fingerprint density at radius 2 is 1.82 bits per heavy atom. The predicted octanol–water partition coefficient (Wildman–Crippen LogP) is 4.28. The van der Waals surface area contributed by atoms with Crippen LogP contribution in [0.5, 0.6) is 5.75 Å². The van der Waals surface area contributed by atoms with Crippen molar-refractivity contribution in [3.63, 3.8) is 0 Å². The standard InChI is InChI=1S/C26H26N2O4S/c1-26(14-15-29)25(31)28(21-9-5-8-20(16-21)23(27)30)24(33-26)19-10-12-22(13-11-19)32-17-18-6-3-2-4-7-18/h2-13,16,24,29H,14-15,17H2,1H3,(H2,27,30). The monoisotopic (exact) mass is 462 g/mol. The Kier molecular flexibility index (Phi) is 6.72. The molecule has 0 spiro atoms. The van der Waals surface area contributed by atoms with Crippen molar-refractivity contribution >= 4 is 29.3 Å². The number of nitrogens with two attached hydrogens (primary N) is 1. The smallest absolute Gasteiger partial charge is 0.248 e. The molecule has 0 aliphatic carbocycles. The summed E-state index contributed by atoms with van der Waals surface area (Å²) in [6, 6.07) is 24.4. The fourth-order valence-corrected chi connectivity index (χ4v) is 5.36. The number of thioether (sulfide) groups is 1. The summed E-state index contributed by atoms with van der Waals surface area (Å²) in [7, 11) is 0. The second-order valence-electron chi connectivity index (χ2n) is 8.11. The summed E-state index contributed by atoms with van der Waals surface area (Å²) in [5.41, 5.74) is 8.39. The van der Waals surface area contributed by atoms with Gasteiger partial charge in [0.1, 0.15) is 17.7 Å². The fraction of sp³-hybridized carbons (Fsp3) is 0.231. The Balaban J connectivity index is 1.61. The van der Waals surface area contributed by atoms with Gasteiger partial charge in [0.05, 0.1) is 4.75 Å². The van der Waals surface area contributed by atoms with Crippen LogP contribution in [0.3, 0.4) is 0 Å². The van der Waals surface area contributed by atoms with E-state index in [0.29, 0.717) is 24.3 Å². The van der Waals surface area contributed by atoms with Gasteiger partial charge >= 0.3 is 0 Å². The molecule has 2 amide bonds. The zero-order chi connectivity index (χ0) is 23.4. The molecule has 2 atom stereocenters. The van der Waals surface area contributed by atoms with E-state index in [0.717, 1.165) is 16.9 Å². The molecule has 6 nitrogen and oxygen atoms in total. The Hall–Kier alpha value is -3.29. The van der Waals surface area contributed by atoms with Crippen LogP contribution in [0.1, 0.15) is 40.2 Å². The lowest BCUT2D eigenvalue weighted by Crippen LogP contribution is -2.38. The number of hydrogen-bond acceptors (Lipinski definition) is 5. The number of primary amides is 1. The molecule has 0 bridgehead atoms. The van der Waals surface area contributed by atoms with Crippen LogP contribution in [-0.2, 0) is 11.4 Å². The maximum absolute atomic E-state index is 13.5. The van der Waals surface area contributed by atoms with E-state index in [1.54, 1.807) is 29.2 Å². The van der Waals surface area contributed by atoms with E-state index >= 15 is 0 Å². The van der Waals surface area contributed by atoms with E-state index in [1.807, 2.05) is 61.5 Å². The number of carbonyl (C=O) groups is 2. The first kappa shape index (κ1) is 22.9. The van der Waals surface area contributed by atoms with Crippen LogP contribution in [0.4, 0.5) is 5.69 Å². The minimum Gasteiger partial charge on any atom is -0.489 e. The maximum atomic E-state index is 13.5. The molecule has 3 aromatic rings. The molecule has 33 heavy (non-hydrogen) atoms. The van der Waals surface area contributed by atoms with E-state index in [1.165, 1.54) is 11.8 Å². The van der Waals surface area contributed by atoms with Crippen LogP contribution >= 0.6 is 11.8 Å². The van der Waals surface area contributed by atoms with Crippen LogP contribution in [0.15, 0.2) is 78.9 Å². The van der Waals surface area contributed by atoms with Crippen LogP contribution in [0, 0.1) is 0 Å². The summed E-state index contributed by atoms with van der Waals surface area (Å²) in [6.07, 6.45) is 0.331. The number of benzene rings is 3. The number of carbonyl (C=O) groups excluding carboxylic acids is 2. The second kappa shape index (κ2) is 9.68. The molecule has 4 rings (SSSR count). The largest absolute Gasteiger partial charge is 0.489 e. The van der Waals surface area contributed by atoms with Crippen molar-refractivity contribution in [3.8, 4) is 5.75 Å². The Morgan fingerprint density at radius 3 is 2.48 bits per heavy atom. The van der Waals surface area contributed by atoms with Crippen molar-refractivity contribution in [2.45, 2.75) is 30.1 Å². The van der Waals surface area contributed by atoms with Crippen LogP contribution in [-0.4, -0.2) is 28.3 Å². The molecule has 0 radical (unpaired) electrons. The Labute approximate surface area is 197 Å². The lowest BCUT2D eigenvalue weighted by molar-refractivity contribution is -0.120. The van der Waals surface area contributed by atoms with Crippen molar-refractivity contribution in [1.82, 2.24) is 0 Å². The maximum Gasteiger partial charge on any atom is 0.248 e. The first-order chi connectivity index (χ1) is 15.9. The molecule has 170 valence electrons. The number of ether oxygens (including phenoxy) is 1. The highest BCUT2D eigenvalue weighted by Gasteiger charge is 2.50. The van der Waals surface area contributed by atoms with Gasteiger partial charge in [0.2, 0.25) is 11.8 Å². The average Bonchev–Trinajstić information content (AvgIpc) is 3.09. The van der Waals surface area contributed by atoms with Gasteiger partial charge in [-0.05, 0) is 54.8 Å². The van der Waals surface area contributed by atoms with E-state index in [4.69, 9.17) is 10.5 Å². The molecule has 3 N–H and O–H groups in total. The molecule has 1 fully saturated rings. The second-order valence-corrected chi connectivity index (χ2v) is 9.69. The zero-order valence-corrected chi connectivity index (χ0v) is 19.1. The third kappa shape index (κ3) is 4.89. The number of amides is 2. The van der Waals surface area contributed by atoms with Crippen LogP contribution in [0.2, 0.25) is 0 Å². The SMILES string of the molecule is CC1(CCO)SC(c2ccc(OCc3ccccc3)cc2)N(c2cccc(C(N)=O)c2)C1=O. The highest BCUT2D eigenvalue weighted by Crippen LogP contribution is 2.52. The Morgan fingerprint density at radius 1 is 1.09 bits per heavy atom. The van der Waals surface area contributed by atoms with Gasteiger partial charge in [0, 0.05) is 17.9 Å². The van der Waals surface area contributed by atoms with E-state index in [9.17, 15) is 14.7 Å². The summed E-state index contributed by atoms with van der Waals surface area (Å²) >= 11 is 1.49. The van der Waals surface area contributed by atoms with Crippen molar-refractivity contribution in [2.75, 3.05) is 11.5 Å². The lowest BCUT2D eigenvalue weighted by Gasteiger charge is -2.25. The number of anilines is 1. The summed E-state index contributed by atoms with van der Waals surface area (Å²) in [5.74, 6) is 0.0700. The molecule has 7 heteroatoms. The molecule has 1 saturated heterocycles. The minimum absolute atomic E-state index is 0.0939. The van der Waals surface area contributed by atoms with Gasteiger partial charge in [0.15, 0.2) is 0 Å². The molecule has 1 heterocycles. The summed E-state index contributed by atoms with van der Waals surface area (Å²) in [6.45, 7) is 2.22. The minimum atomic E-state index is -0.787. The summed E-state index contributed by atoms with van der Waals surface area (Å²) in [4.78, 5) is 26.8. The van der Waals surface area contributed by atoms with Crippen molar-refractivity contribution in [2.24, 2.45) is 5.73 Å². The highest BCUT2D eigenvalue weighted by atomic mass is 32.2. The molecule has 0 saturated carbocycles. The van der Waals surface area contributed by atoms with Crippen molar-refractivity contribution in [1.29, 1.82) is 0 Å². The molecule has 1 aliphatic rings. The molecule has 3 aromatic carbocycles. The first-order valence-corrected chi connectivity index (χ1v) is 11.6. The summed E-state index contributed by atoms with van der Waals surface area (Å²) in [5, 5.41) is 9.25. The topological polar surface area (TPSA) is 92.9 Å². The van der Waals surface area contributed by atoms with E-state index < -0.39 is 10.7 Å².